The minimum absolute atomic E-state index is 0.00358. The van der Waals surface area contributed by atoms with Crippen LogP contribution in [0.5, 0.6) is 0 Å². The highest BCUT2D eigenvalue weighted by Crippen LogP contribution is 2.12. The van der Waals surface area contributed by atoms with Crippen molar-refractivity contribution < 1.29 is 14.3 Å². The summed E-state index contributed by atoms with van der Waals surface area (Å²) in [6.07, 6.45) is 3.22. The lowest BCUT2D eigenvalue weighted by Crippen LogP contribution is -2.40. The molecular weight excluding hydrogens is 294 g/mol. The number of nitrogens with one attached hydrogen (secondary N) is 2. The van der Waals surface area contributed by atoms with E-state index in [-0.39, 0.29) is 11.9 Å². The van der Waals surface area contributed by atoms with Crippen LogP contribution in [0.4, 0.5) is 10.5 Å². The number of morpholine rings is 1. The van der Waals surface area contributed by atoms with Crippen LogP contribution in [0.15, 0.2) is 24.3 Å². The normalized spacial score (nSPS) is 14.4. The number of carbonyl (C=O) groups excluding carboxylic acids is 2. The molecule has 3 amide bonds. The summed E-state index contributed by atoms with van der Waals surface area (Å²) in [6, 6.07) is 6.77. The van der Waals surface area contributed by atoms with Gasteiger partial charge in [0.05, 0.1) is 13.2 Å². The van der Waals surface area contributed by atoms with E-state index < -0.39 is 0 Å². The van der Waals surface area contributed by atoms with Crippen LogP contribution in [-0.4, -0.2) is 49.7 Å². The van der Waals surface area contributed by atoms with E-state index in [0.717, 1.165) is 19.3 Å². The molecule has 2 N–H and O–H groups in total. The van der Waals surface area contributed by atoms with Gasteiger partial charge in [0.1, 0.15) is 0 Å². The summed E-state index contributed by atoms with van der Waals surface area (Å²) < 4.78 is 5.25. The van der Waals surface area contributed by atoms with Gasteiger partial charge in [-0.25, -0.2) is 4.79 Å². The summed E-state index contributed by atoms with van der Waals surface area (Å²) in [7, 11) is 0. The van der Waals surface area contributed by atoms with Crippen LogP contribution >= 0.6 is 0 Å². The average Bonchev–Trinajstić information content (AvgIpc) is 2.59. The van der Waals surface area contributed by atoms with E-state index in [9.17, 15) is 9.59 Å². The average molecular weight is 319 g/mol. The monoisotopic (exact) mass is 319 g/mol. The second kappa shape index (κ2) is 9.15. The topological polar surface area (TPSA) is 70.7 Å². The predicted molar refractivity (Wildman–Crippen MR) is 89.7 cm³/mol. The number of benzene rings is 1. The molecule has 0 aromatic heterocycles. The largest absolute Gasteiger partial charge is 0.378 e. The number of nitrogens with zero attached hydrogens (tertiary/aromatic N) is 1. The summed E-state index contributed by atoms with van der Waals surface area (Å²) in [5.41, 5.74) is 1.30. The van der Waals surface area contributed by atoms with Gasteiger partial charge in [-0.1, -0.05) is 19.8 Å². The maximum atomic E-state index is 12.3. The molecule has 23 heavy (non-hydrogen) atoms. The minimum atomic E-state index is -0.214. The van der Waals surface area contributed by atoms with E-state index in [2.05, 4.69) is 17.6 Å². The van der Waals surface area contributed by atoms with Crippen molar-refractivity contribution in [3.05, 3.63) is 29.8 Å². The van der Waals surface area contributed by atoms with Crippen LogP contribution in [-0.2, 0) is 4.74 Å². The van der Waals surface area contributed by atoms with Crippen LogP contribution in [0.1, 0.15) is 36.5 Å². The van der Waals surface area contributed by atoms with E-state index in [0.29, 0.717) is 44.1 Å². The molecule has 0 radical (unpaired) electrons. The molecule has 0 unspecified atom stereocenters. The first-order chi connectivity index (χ1) is 11.2. The standard InChI is InChI=1S/C17H25N3O3/c1-2-3-4-9-18-17(22)19-15-7-5-14(6-8-15)16(21)20-10-12-23-13-11-20/h5-8H,2-4,9-13H2,1H3,(H2,18,19,22). The highest BCUT2D eigenvalue weighted by molar-refractivity contribution is 5.95. The number of ether oxygens (including phenoxy) is 1. The summed E-state index contributed by atoms with van der Waals surface area (Å²) in [5.74, 6) is 0.00358. The molecule has 1 aliphatic rings. The van der Waals surface area contributed by atoms with Crippen LogP contribution in [0.25, 0.3) is 0 Å². The van der Waals surface area contributed by atoms with Crippen molar-refractivity contribution in [2.45, 2.75) is 26.2 Å². The van der Waals surface area contributed by atoms with Crippen LogP contribution in [0.3, 0.4) is 0 Å². The summed E-state index contributed by atoms with van der Waals surface area (Å²) in [4.78, 5) is 25.8. The molecule has 6 nitrogen and oxygen atoms in total. The molecule has 0 atom stereocenters. The minimum Gasteiger partial charge on any atom is -0.378 e. The van der Waals surface area contributed by atoms with Crippen LogP contribution in [0, 0.1) is 0 Å². The van der Waals surface area contributed by atoms with Gasteiger partial charge in [-0.2, -0.15) is 0 Å². The molecule has 1 fully saturated rings. The number of unbranched alkanes of at least 4 members (excludes halogenated alkanes) is 2. The Kier molecular flexibility index (Phi) is 6.87. The highest BCUT2D eigenvalue weighted by atomic mass is 16.5. The van der Waals surface area contributed by atoms with Gasteiger partial charge in [0.25, 0.3) is 5.91 Å². The first kappa shape index (κ1) is 17.3. The highest BCUT2D eigenvalue weighted by Gasteiger charge is 2.18. The summed E-state index contributed by atoms with van der Waals surface area (Å²) in [5, 5.41) is 5.59. The lowest BCUT2D eigenvalue weighted by molar-refractivity contribution is 0.0303. The number of carbonyl (C=O) groups is 2. The number of anilines is 1. The number of urea groups is 1. The molecule has 126 valence electrons. The van der Waals surface area contributed by atoms with Crippen molar-refractivity contribution in [1.82, 2.24) is 10.2 Å². The van der Waals surface area contributed by atoms with Crippen LogP contribution in [0.2, 0.25) is 0 Å². The number of hydrogen-bond acceptors (Lipinski definition) is 3. The molecular formula is C17H25N3O3. The van der Waals surface area contributed by atoms with Crippen LogP contribution < -0.4 is 10.6 Å². The predicted octanol–water partition coefficient (Wildman–Crippen LogP) is 2.47. The Morgan fingerprint density at radius 1 is 1.13 bits per heavy atom. The maximum absolute atomic E-state index is 12.3. The lowest BCUT2D eigenvalue weighted by Gasteiger charge is -2.26. The van der Waals surface area contributed by atoms with Gasteiger partial charge < -0.3 is 20.3 Å². The first-order valence-electron chi connectivity index (χ1n) is 8.22. The molecule has 1 aliphatic heterocycles. The molecule has 1 aromatic rings. The van der Waals surface area contributed by atoms with E-state index >= 15 is 0 Å². The quantitative estimate of drug-likeness (QED) is 0.791. The second-order valence-electron chi connectivity index (χ2n) is 5.57. The van der Waals surface area contributed by atoms with Crippen molar-refractivity contribution in [3.63, 3.8) is 0 Å². The molecule has 0 saturated carbocycles. The van der Waals surface area contributed by atoms with E-state index in [1.54, 1.807) is 29.2 Å². The Morgan fingerprint density at radius 2 is 1.83 bits per heavy atom. The van der Waals surface area contributed by atoms with Crippen molar-refractivity contribution in [3.8, 4) is 0 Å². The fourth-order valence-corrected chi connectivity index (χ4v) is 2.40. The molecule has 0 spiro atoms. The zero-order valence-electron chi connectivity index (χ0n) is 13.6. The third kappa shape index (κ3) is 5.56. The SMILES string of the molecule is CCCCCNC(=O)Nc1ccc(C(=O)N2CCOCC2)cc1. The van der Waals surface area contributed by atoms with Gasteiger partial charge in [-0.05, 0) is 30.7 Å². The lowest BCUT2D eigenvalue weighted by atomic mass is 10.1. The maximum Gasteiger partial charge on any atom is 0.319 e. The Hall–Kier alpha value is -2.08. The third-order valence-electron chi connectivity index (χ3n) is 3.75. The second-order valence-corrected chi connectivity index (χ2v) is 5.57. The Bertz CT molecular complexity index is 510. The van der Waals surface area contributed by atoms with Crippen molar-refractivity contribution in [1.29, 1.82) is 0 Å². The van der Waals surface area contributed by atoms with Crippen molar-refractivity contribution in [2.75, 3.05) is 38.2 Å². The molecule has 0 bridgehead atoms. The first-order valence-corrected chi connectivity index (χ1v) is 8.22. The van der Waals surface area contributed by atoms with Gasteiger partial charge in [-0.15, -0.1) is 0 Å². The Morgan fingerprint density at radius 3 is 2.48 bits per heavy atom. The number of hydrogen-bond donors (Lipinski definition) is 2. The number of amides is 3. The van der Waals surface area contributed by atoms with Gasteiger partial charge in [0, 0.05) is 30.9 Å². The van der Waals surface area contributed by atoms with E-state index in [4.69, 9.17) is 4.74 Å². The number of rotatable bonds is 6. The van der Waals surface area contributed by atoms with Gasteiger partial charge in [-0.3, -0.25) is 4.79 Å². The molecule has 0 aliphatic carbocycles. The zero-order chi connectivity index (χ0) is 16.5. The molecule has 2 rings (SSSR count). The zero-order valence-corrected chi connectivity index (χ0v) is 13.6. The fourth-order valence-electron chi connectivity index (χ4n) is 2.40. The van der Waals surface area contributed by atoms with E-state index in [1.807, 2.05) is 0 Å². The summed E-state index contributed by atoms with van der Waals surface area (Å²) in [6.45, 7) is 5.22. The molecule has 6 heteroatoms. The van der Waals surface area contributed by atoms with E-state index in [1.165, 1.54) is 0 Å². The van der Waals surface area contributed by atoms with Gasteiger partial charge in [0.15, 0.2) is 0 Å². The van der Waals surface area contributed by atoms with Crippen molar-refractivity contribution >= 4 is 17.6 Å². The Labute approximate surface area is 137 Å². The Balaban J connectivity index is 1.81. The van der Waals surface area contributed by atoms with Crippen molar-refractivity contribution in [2.24, 2.45) is 0 Å². The fraction of sp³-hybridized carbons (Fsp3) is 0.529. The molecule has 1 saturated heterocycles. The smallest absolute Gasteiger partial charge is 0.319 e. The molecule has 1 aromatic carbocycles. The summed E-state index contributed by atoms with van der Waals surface area (Å²) >= 11 is 0. The van der Waals surface area contributed by atoms with Gasteiger partial charge >= 0.3 is 6.03 Å². The molecule has 1 heterocycles. The third-order valence-corrected chi connectivity index (χ3v) is 3.75. The van der Waals surface area contributed by atoms with Gasteiger partial charge in [0.2, 0.25) is 0 Å².